The Labute approximate surface area is 119 Å². The maximum atomic E-state index is 11.8. The van der Waals surface area contributed by atoms with Gasteiger partial charge in [-0.05, 0) is 42.6 Å². The third-order valence-corrected chi connectivity index (χ3v) is 5.28. The topological polar surface area (TPSA) is 79.2 Å². The van der Waals surface area contributed by atoms with Crippen LogP contribution in [0.15, 0.2) is 24.4 Å². The second-order valence-corrected chi connectivity index (χ2v) is 7.38. The van der Waals surface area contributed by atoms with Crippen molar-refractivity contribution >= 4 is 20.9 Å². The molecule has 0 bridgehead atoms. The molecule has 5 nitrogen and oxygen atoms in total. The van der Waals surface area contributed by atoms with E-state index in [0.717, 1.165) is 22.9 Å². The predicted octanol–water partition coefficient (Wildman–Crippen LogP) is 1.10. The lowest BCUT2D eigenvalue weighted by molar-refractivity contribution is 0.520. The smallest absolute Gasteiger partial charge is 0.213 e. The summed E-state index contributed by atoms with van der Waals surface area (Å²) in [6.07, 6.45) is 3.31. The molecule has 1 aromatic carbocycles. The quantitative estimate of drug-likeness (QED) is 0.837. The molecule has 0 aliphatic carbocycles. The molecular formula is C14H21N3O2S. The first-order chi connectivity index (χ1) is 9.44. The van der Waals surface area contributed by atoms with Crippen LogP contribution in [0.4, 0.5) is 0 Å². The van der Waals surface area contributed by atoms with Crippen molar-refractivity contribution in [2.24, 2.45) is 5.73 Å². The second kappa shape index (κ2) is 5.95. The van der Waals surface area contributed by atoms with Gasteiger partial charge in [-0.15, -0.1) is 0 Å². The number of hydrogen-bond acceptors (Lipinski definition) is 3. The van der Waals surface area contributed by atoms with Crippen molar-refractivity contribution in [3.8, 4) is 0 Å². The Kier molecular flexibility index (Phi) is 4.47. The molecule has 0 aliphatic rings. The number of hydrogen-bond donors (Lipinski definition) is 2. The average Bonchev–Trinajstić information content (AvgIpc) is 2.80. The molecule has 0 fully saturated rings. The second-order valence-electron chi connectivity index (χ2n) is 5.08. The van der Waals surface area contributed by atoms with Crippen LogP contribution in [0.3, 0.4) is 0 Å². The molecule has 110 valence electrons. The summed E-state index contributed by atoms with van der Waals surface area (Å²) >= 11 is 0. The highest BCUT2D eigenvalue weighted by Crippen LogP contribution is 2.20. The van der Waals surface area contributed by atoms with Crippen molar-refractivity contribution in [1.82, 2.24) is 9.29 Å². The molecule has 20 heavy (non-hydrogen) atoms. The largest absolute Gasteiger partial charge is 0.361 e. The molecule has 0 atom stereocenters. The molecule has 0 saturated heterocycles. The maximum Gasteiger partial charge on any atom is 0.213 e. The Hall–Kier alpha value is -1.37. The van der Waals surface area contributed by atoms with E-state index < -0.39 is 10.0 Å². The van der Waals surface area contributed by atoms with Crippen molar-refractivity contribution in [2.75, 3.05) is 26.4 Å². The minimum absolute atomic E-state index is 0.127. The molecular weight excluding hydrogens is 274 g/mol. The number of sulfonamides is 1. The number of H-pyrrole nitrogens is 1. The van der Waals surface area contributed by atoms with Crippen molar-refractivity contribution < 1.29 is 8.42 Å². The number of nitrogens with two attached hydrogens (primary N) is 1. The Morgan fingerprint density at radius 2 is 2.00 bits per heavy atom. The molecule has 0 spiro atoms. The van der Waals surface area contributed by atoms with Crippen LogP contribution in [0.25, 0.3) is 10.9 Å². The molecule has 6 heteroatoms. The van der Waals surface area contributed by atoms with Gasteiger partial charge in [0.1, 0.15) is 0 Å². The molecule has 0 saturated carbocycles. The van der Waals surface area contributed by atoms with Gasteiger partial charge in [0.2, 0.25) is 10.0 Å². The highest BCUT2D eigenvalue weighted by molar-refractivity contribution is 7.89. The number of aryl methyl sites for hydroxylation is 1. The summed E-state index contributed by atoms with van der Waals surface area (Å²) in [4.78, 5) is 3.21. The number of rotatable bonds is 6. The number of nitrogens with zero attached hydrogens (tertiary/aromatic N) is 1. The highest BCUT2D eigenvalue weighted by Gasteiger charge is 2.13. The molecule has 0 aliphatic heterocycles. The number of benzene rings is 1. The van der Waals surface area contributed by atoms with Gasteiger partial charge in [0.25, 0.3) is 0 Å². The zero-order valence-electron chi connectivity index (χ0n) is 11.9. The van der Waals surface area contributed by atoms with Gasteiger partial charge in [0.15, 0.2) is 0 Å². The summed E-state index contributed by atoms with van der Waals surface area (Å²) in [5.74, 6) is 0.127. The van der Waals surface area contributed by atoms with E-state index in [4.69, 9.17) is 5.73 Å². The van der Waals surface area contributed by atoms with Gasteiger partial charge in [-0.2, -0.15) is 0 Å². The molecule has 0 unspecified atom stereocenters. The molecule has 0 radical (unpaired) electrons. The minimum atomic E-state index is -3.15. The van der Waals surface area contributed by atoms with Crippen LogP contribution < -0.4 is 5.73 Å². The summed E-state index contributed by atoms with van der Waals surface area (Å²) in [7, 11) is -0.0320. The standard InChI is InChI=1S/C14H21N3O2S/c1-17(2)20(18,19)8-6-11-3-4-14-13(9-11)12(5-7-15)10-16-14/h3-4,9-10,16H,5-8,15H2,1-2H3. The fraction of sp³-hybridized carbons (Fsp3) is 0.429. The Morgan fingerprint density at radius 1 is 1.25 bits per heavy atom. The van der Waals surface area contributed by atoms with Crippen LogP contribution in [0.1, 0.15) is 11.1 Å². The van der Waals surface area contributed by atoms with E-state index in [1.165, 1.54) is 9.87 Å². The first-order valence-electron chi connectivity index (χ1n) is 6.63. The van der Waals surface area contributed by atoms with E-state index in [-0.39, 0.29) is 5.75 Å². The zero-order valence-corrected chi connectivity index (χ0v) is 12.7. The van der Waals surface area contributed by atoms with E-state index in [2.05, 4.69) is 11.1 Å². The van der Waals surface area contributed by atoms with E-state index in [9.17, 15) is 8.42 Å². The Balaban J connectivity index is 2.21. The highest BCUT2D eigenvalue weighted by atomic mass is 32.2. The SMILES string of the molecule is CN(C)S(=O)(=O)CCc1ccc2[nH]cc(CCN)c2c1. The number of aromatic amines is 1. The maximum absolute atomic E-state index is 11.8. The van der Waals surface area contributed by atoms with E-state index in [0.29, 0.717) is 13.0 Å². The van der Waals surface area contributed by atoms with Gasteiger partial charge in [-0.3, -0.25) is 0 Å². The third-order valence-electron chi connectivity index (χ3n) is 3.45. The van der Waals surface area contributed by atoms with Crippen molar-refractivity contribution in [1.29, 1.82) is 0 Å². The Bertz CT molecular complexity index is 690. The monoisotopic (exact) mass is 295 g/mol. The van der Waals surface area contributed by atoms with Crippen LogP contribution >= 0.6 is 0 Å². The van der Waals surface area contributed by atoms with E-state index in [1.54, 1.807) is 14.1 Å². The molecule has 2 aromatic rings. The molecule has 3 N–H and O–H groups in total. The fourth-order valence-electron chi connectivity index (χ4n) is 2.17. The normalized spacial score (nSPS) is 12.4. The number of aromatic nitrogens is 1. The van der Waals surface area contributed by atoms with E-state index >= 15 is 0 Å². The molecule has 2 rings (SSSR count). The lowest BCUT2D eigenvalue weighted by Crippen LogP contribution is -2.26. The lowest BCUT2D eigenvalue weighted by Gasteiger charge is -2.11. The molecule has 0 amide bonds. The Morgan fingerprint density at radius 3 is 2.65 bits per heavy atom. The minimum Gasteiger partial charge on any atom is -0.361 e. The van der Waals surface area contributed by atoms with Gasteiger partial charge < -0.3 is 10.7 Å². The van der Waals surface area contributed by atoms with Gasteiger partial charge >= 0.3 is 0 Å². The average molecular weight is 295 g/mol. The van der Waals surface area contributed by atoms with Crippen LogP contribution in [0.2, 0.25) is 0 Å². The van der Waals surface area contributed by atoms with Gasteiger partial charge in [-0.1, -0.05) is 6.07 Å². The van der Waals surface area contributed by atoms with Gasteiger partial charge in [-0.25, -0.2) is 12.7 Å². The third kappa shape index (κ3) is 3.20. The summed E-state index contributed by atoms with van der Waals surface area (Å²) in [6, 6.07) is 6.02. The van der Waals surface area contributed by atoms with Gasteiger partial charge in [0, 0.05) is 31.2 Å². The summed E-state index contributed by atoms with van der Waals surface area (Å²) < 4.78 is 24.8. The first kappa shape index (κ1) is 15.0. The fourth-order valence-corrected chi connectivity index (χ4v) is 3.03. The van der Waals surface area contributed by atoms with Gasteiger partial charge in [0.05, 0.1) is 5.75 Å². The summed E-state index contributed by atoms with van der Waals surface area (Å²) in [5, 5.41) is 1.13. The summed E-state index contributed by atoms with van der Waals surface area (Å²) in [5.41, 5.74) is 8.87. The van der Waals surface area contributed by atoms with Crippen LogP contribution in [0.5, 0.6) is 0 Å². The van der Waals surface area contributed by atoms with Crippen LogP contribution in [0, 0.1) is 0 Å². The zero-order chi connectivity index (χ0) is 14.8. The van der Waals surface area contributed by atoms with Crippen molar-refractivity contribution in [3.63, 3.8) is 0 Å². The van der Waals surface area contributed by atoms with Crippen LogP contribution in [-0.2, 0) is 22.9 Å². The predicted molar refractivity (Wildman–Crippen MR) is 82.2 cm³/mol. The number of nitrogens with one attached hydrogen (secondary N) is 1. The molecule has 1 heterocycles. The van der Waals surface area contributed by atoms with Crippen molar-refractivity contribution in [3.05, 3.63) is 35.5 Å². The number of fused-ring (bicyclic) bond motifs is 1. The lowest BCUT2D eigenvalue weighted by atomic mass is 10.1. The van der Waals surface area contributed by atoms with Crippen LogP contribution in [-0.4, -0.2) is 44.1 Å². The van der Waals surface area contributed by atoms with E-state index in [1.807, 2.05) is 18.3 Å². The first-order valence-corrected chi connectivity index (χ1v) is 8.24. The van der Waals surface area contributed by atoms with Crippen molar-refractivity contribution in [2.45, 2.75) is 12.8 Å². The summed E-state index contributed by atoms with van der Waals surface area (Å²) in [6.45, 7) is 0.603. The molecule has 1 aromatic heterocycles.